The predicted octanol–water partition coefficient (Wildman–Crippen LogP) is 7.67. The molecule has 3 atom stereocenters. The third-order valence-corrected chi connectivity index (χ3v) is 5.97. The third-order valence-electron chi connectivity index (χ3n) is 5.31. The number of fused-ring (bicyclic) bond motifs is 1. The molecule has 0 aliphatic rings. The van der Waals surface area contributed by atoms with E-state index in [9.17, 15) is 0 Å². The van der Waals surface area contributed by atoms with Crippen molar-refractivity contribution in [1.82, 2.24) is 0 Å². The van der Waals surface area contributed by atoms with Crippen molar-refractivity contribution < 1.29 is 9.47 Å². The standard InChI is InChI=1S/C24H35ClO2/c1-6-9-10-11-20(7-2)27-24-15-12-19-16-21(13-14-22(19)17(24)4)26-18(5)23(25)8-3/h12-16,18,20,23H,6-11H2,1-5H3. The Bertz CT molecular complexity index is 713. The van der Waals surface area contributed by atoms with E-state index in [2.05, 4.69) is 52.0 Å². The molecule has 0 fully saturated rings. The summed E-state index contributed by atoms with van der Waals surface area (Å²) in [6, 6.07) is 10.5. The lowest BCUT2D eigenvalue weighted by Gasteiger charge is -2.21. The van der Waals surface area contributed by atoms with Gasteiger partial charge in [0, 0.05) is 0 Å². The van der Waals surface area contributed by atoms with Crippen molar-refractivity contribution in [3.8, 4) is 11.5 Å². The minimum Gasteiger partial charge on any atom is -0.490 e. The van der Waals surface area contributed by atoms with E-state index in [1.165, 1.54) is 35.6 Å². The largest absolute Gasteiger partial charge is 0.490 e. The first-order chi connectivity index (χ1) is 13.0. The summed E-state index contributed by atoms with van der Waals surface area (Å²) >= 11 is 6.30. The topological polar surface area (TPSA) is 18.5 Å². The first kappa shape index (κ1) is 21.9. The predicted molar refractivity (Wildman–Crippen MR) is 118 cm³/mol. The summed E-state index contributed by atoms with van der Waals surface area (Å²) in [6.45, 7) is 10.7. The Labute approximate surface area is 170 Å². The van der Waals surface area contributed by atoms with Gasteiger partial charge < -0.3 is 9.47 Å². The van der Waals surface area contributed by atoms with Gasteiger partial charge in [-0.05, 0) is 74.1 Å². The number of aryl methyl sites for hydroxylation is 1. The van der Waals surface area contributed by atoms with Crippen LogP contribution in [0, 0.1) is 6.92 Å². The van der Waals surface area contributed by atoms with Gasteiger partial charge in [-0.1, -0.05) is 45.7 Å². The van der Waals surface area contributed by atoms with Gasteiger partial charge in [0.15, 0.2) is 0 Å². The van der Waals surface area contributed by atoms with Crippen LogP contribution in [0.25, 0.3) is 10.8 Å². The summed E-state index contributed by atoms with van der Waals surface area (Å²) in [5.74, 6) is 1.87. The molecule has 0 aliphatic carbocycles. The maximum atomic E-state index is 6.34. The van der Waals surface area contributed by atoms with Gasteiger partial charge in [-0.2, -0.15) is 0 Å². The molecule has 2 aromatic carbocycles. The fourth-order valence-corrected chi connectivity index (χ4v) is 3.46. The molecule has 2 rings (SSSR count). The van der Waals surface area contributed by atoms with Crippen LogP contribution >= 0.6 is 11.6 Å². The summed E-state index contributed by atoms with van der Waals surface area (Å²) in [7, 11) is 0. The minimum absolute atomic E-state index is 0.00810. The van der Waals surface area contributed by atoms with Crippen molar-refractivity contribution in [2.24, 2.45) is 0 Å². The van der Waals surface area contributed by atoms with Crippen molar-refractivity contribution >= 4 is 22.4 Å². The molecular formula is C24H35ClO2. The highest BCUT2D eigenvalue weighted by Crippen LogP contribution is 2.32. The fraction of sp³-hybridized carbons (Fsp3) is 0.583. The van der Waals surface area contributed by atoms with Crippen LogP contribution < -0.4 is 9.47 Å². The number of rotatable bonds is 11. The van der Waals surface area contributed by atoms with E-state index in [-0.39, 0.29) is 11.5 Å². The van der Waals surface area contributed by atoms with Crippen molar-refractivity contribution in [3.05, 3.63) is 35.9 Å². The van der Waals surface area contributed by atoms with Gasteiger partial charge >= 0.3 is 0 Å². The summed E-state index contributed by atoms with van der Waals surface area (Å²) in [5, 5.41) is 2.41. The van der Waals surface area contributed by atoms with Crippen LogP contribution in [0.3, 0.4) is 0 Å². The van der Waals surface area contributed by atoms with Crippen LogP contribution in [-0.4, -0.2) is 17.6 Å². The lowest BCUT2D eigenvalue weighted by atomic mass is 10.0. The second-order valence-electron chi connectivity index (χ2n) is 7.46. The number of halogens is 1. The summed E-state index contributed by atoms with van der Waals surface area (Å²) < 4.78 is 12.4. The van der Waals surface area contributed by atoms with Crippen LogP contribution in [0.1, 0.15) is 71.8 Å². The quantitative estimate of drug-likeness (QED) is 0.289. The average molecular weight is 391 g/mol. The number of benzene rings is 2. The summed E-state index contributed by atoms with van der Waals surface area (Å²) in [4.78, 5) is 0. The minimum atomic E-state index is -0.00810. The lowest BCUT2D eigenvalue weighted by molar-refractivity contribution is 0.182. The van der Waals surface area contributed by atoms with Crippen molar-refractivity contribution in [2.45, 2.75) is 90.7 Å². The highest BCUT2D eigenvalue weighted by Gasteiger charge is 2.15. The molecule has 2 nitrogen and oxygen atoms in total. The average Bonchev–Trinajstić information content (AvgIpc) is 2.68. The van der Waals surface area contributed by atoms with E-state index in [1.54, 1.807) is 0 Å². The van der Waals surface area contributed by atoms with E-state index >= 15 is 0 Å². The molecule has 0 saturated carbocycles. The van der Waals surface area contributed by atoms with Gasteiger partial charge in [0.25, 0.3) is 0 Å². The zero-order valence-electron chi connectivity index (χ0n) is 17.6. The number of alkyl halides is 1. The Morgan fingerprint density at radius 3 is 2.41 bits per heavy atom. The van der Waals surface area contributed by atoms with Gasteiger partial charge in [-0.15, -0.1) is 11.6 Å². The van der Waals surface area contributed by atoms with Crippen molar-refractivity contribution in [3.63, 3.8) is 0 Å². The highest BCUT2D eigenvalue weighted by atomic mass is 35.5. The van der Waals surface area contributed by atoms with Gasteiger partial charge in [0.2, 0.25) is 0 Å². The van der Waals surface area contributed by atoms with E-state index < -0.39 is 0 Å². The van der Waals surface area contributed by atoms with E-state index in [0.29, 0.717) is 6.10 Å². The molecule has 2 aromatic rings. The number of ether oxygens (including phenoxy) is 2. The Balaban J connectivity index is 2.15. The fourth-order valence-electron chi connectivity index (χ4n) is 3.41. The number of hydrogen-bond donors (Lipinski definition) is 0. The molecule has 27 heavy (non-hydrogen) atoms. The number of unbranched alkanes of at least 4 members (excludes halogenated alkanes) is 2. The van der Waals surface area contributed by atoms with Gasteiger partial charge in [0.05, 0.1) is 11.5 Å². The zero-order valence-corrected chi connectivity index (χ0v) is 18.3. The molecule has 150 valence electrons. The Kier molecular flexibility index (Phi) is 8.76. The molecule has 0 aromatic heterocycles. The molecular weight excluding hydrogens is 356 g/mol. The third kappa shape index (κ3) is 6.04. The molecule has 3 unspecified atom stereocenters. The molecule has 0 radical (unpaired) electrons. The molecule has 0 saturated heterocycles. The van der Waals surface area contributed by atoms with E-state index in [4.69, 9.17) is 21.1 Å². The molecule has 0 spiro atoms. The van der Waals surface area contributed by atoms with Crippen LogP contribution in [0.2, 0.25) is 0 Å². The molecule has 0 bridgehead atoms. The normalized spacial score (nSPS) is 14.7. The van der Waals surface area contributed by atoms with Crippen LogP contribution in [-0.2, 0) is 0 Å². The molecule has 3 heteroatoms. The Morgan fingerprint density at radius 2 is 1.74 bits per heavy atom. The Morgan fingerprint density at radius 1 is 0.963 bits per heavy atom. The van der Waals surface area contributed by atoms with E-state index in [1.807, 2.05) is 13.0 Å². The molecule has 0 N–H and O–H groups in total. The maximum absolute atomic E-state index is 6.34. The first-order valence-electron chi connectivity index (χ1n) is 10.5. The lowest BCUT2D eigenvalue weighted by Crippen LogP contribution is -2.23. The second kappa shape index (κ2) is 10.8. The first-order valence-corrected chi connectivity index (χ1v) is 10.9. The van der Waals surface area contributed by atoms with Gasteiger partial charge in [-0.3, -0.25) is 0 Å². The Hall–Kier alpha value is -1.41. The summed E-state index contributed by atoms with van der Waals surface area (Å²) in [5.41, 5.74) is 1.20. The van der Waals surface area contributed by atoms with Gasteiger partial charge in [0.1, 0.15) is 17.6 Å². The van der Waals surface area contributed by atoms with Crippen LogP contribution in [0.15, 0.2) is 30.3 Å². The summed E-state index contributed by atoms with van der Waals surface area (Å²) in [6.07, 6.45) is 7.12. The highest BCUT2D eigenvalue weighted by molar-refractivity contribution is 6.21. The second-order valence-corrected chi connectivity index (χ2v) is 8.02. The molecule has 0 amide bonds. The monoisotopic (exact) mass is 390 g/mol. The van der Waals surface area contributed by atoms with Gasteiger partial charge in [-0.25, -0.2) is 0 Å². The maximum Gasteiger partial charge on any atom is 0.123 e. The van der Waals surface area contributed by atoms with Crippen LogP contribution in [0.5, 0.6) is 11.5 Å². The number of hydrogen-bond acceptors (Lipinski definition) is 2. The van der Waals surface area contributed by atoms with E-state index in [0.717, 1.165) is 30.8 Å². The molecule has 0 heterocycles. The molecule has 0 aliphatic heterocycles. The van der Waals surface area contributed by atoms with Crippen molar-refractivity contribution in [1.29, 1.82) is 0 Å². The smallest absolute Gasteiger partial charge is 0.123 e. The van der Waals surface area contributed by atoms with Crippen molar-refractivity contribution in [2.75, 3.05) is 0 Å². The van der Waals surface area contributed by atoms with Crippen LogP contribution in [0.4, 0.5) is 0 Å². The SMILES string of the molecule is CCCCCC(CC)Oc1ccc2cc(OC(C)C(Cl)CC)ccc2c1C. The zero-order chi connectivity index (χ0) is 19.8.